The van der Waals surface area contributed by atoms with Gasteiger partial charge in [0.1, 0.15) is 5.94 Å². The quantitative estimate of drug-likeness (QED) is 0.494. The molecule has 1 aliphatic rings. The van der Waals surface area contributed by atoms with Gasteiger partial charge in [0.15, 0.2) is 0 Å². The van der Waals surface area contributed by atoms with E-state index in [4.69, 9.17) is 0 Å². The molecule has 49 valence electrons. The van der Waals surface area contributed by atoms with E-state index in [0.717, 1.165) is 5.57 Å². The third-order valence-corrected chi connectivity index (χ3v) is 1.14. The van der Waals surface area contributed by atoms with E-state index in [-0.39, 0.29) is 16.8 Å². The molecule has 0 N–H and O–H groups in total. The Morgan fingerprint density at radius 1 is 1.56 bits per heavy atom. The van der Waals surface area contributed by atoms with Crippen LogP contribution in [-0.2, 0) is 21.6 Å². The van der Waals surface area contributed by atoms with E-state index in [9.17, 15) is 4.79 Å². The number of allylic oxidation sites excluding steroid dienone is 5. The predicted molar refractivity (Wildman–Crippen MR) is 32.1 cm³/mol. The minimum Gasteiger partial charge on any atom is -0.233 e. The van der Waals surface area contributed by atoms with Crippen LogP contribution in [-0.4, -0.2) is 5.94 Å². The first-order valence-electron chi connectivity index (χ1n) is 2.45. The molecule has 0 unspecified atom stereocenters. The van der Waals surface area contributed by atoms with Gasteiger partial charge in [-0.25, -0.2) is 4.79 Å². The van der Waals surface area contributed by atoms with Crippen LogP contribution >= 0.6 is 0 Å². The van der Waals surface area contributed by atoms with Gasteiger partial charge in [0.25, 0.3) is 0 Å². The van der Waals surface area contributed by atoms with Crippen molar-refractivity contribution >= 4 is 5.94 Å². The van der Waals surface area contributed by atoms with Crippen LogP contribution in [0, 0.1) is 0 Å². The van der Waals surface area contributed by atoms with E-state index >= 15 is 0 Å². The summed E-state index contributed by atoms with van der Waals surface area (Å²) in [5, 5.41) is 0. The second kappa shape index (κ2) is 3.46. The number of hydrogen-bond acceptors (Lipinski definition) is 1. The molecule has 2 heteroatoms. The number of carbonyl (C=O) groups excluding carboxylic acids is 1. The summed E-state index contributed by atoms with van der Waals surface area (Å²) < 4.78 is 0. The van der Waals surface area contributed by atoms with E-state index in [0.29, 0.717) is 5.57 Å². The van der Waals surface area contributed by atoms with Crippen LogP contribution in [0.3, 0.4) is 0 Å². The number of rotatable bonds is 0. The van der Waals surface area contributed by atoms with Gasteiger partial charge < -0.3 is 0 Å². The fraction of sp³-hybridized carbons (Fsp3) is 0.143. The zero-order valence-corrected chi connectivity index (χ0v) is 6.01. The van der Waals surface area contributed by atoms with Crippen LogP contribution < -0.4 is 0 Å². The van der Waals surface area contributed by atoms with Crippen molar-refractivity contribution in [1.29, 1.82) is 0 Å². The summed E-state index contributed by atoms with van der Waals surface area (Å²) in [6, 6.07) is 0. The van der Waals surface area contributed by atoms with E-state index in [1.807, 2.05) is 25.0 Å². The van der Waals surface area contributed by atoms with Crippen LogP contribution in [0.25, 0.3) is 0 Å². The molecule has 0 aliphatic heterocycles. The molecule has 0 aromatic heterocycles. The average molecular weight is 165 g/mol. The first-order valence-corrected chi connectivity index (χ1v) is 2.45. The zero-order valence-electron chi connectivity index (χ0n) is 4.97. The molecule has 0 fully saturated rings. The standard InChI is InChI=1S/C7H6O.Co/c1-6-3-2-4-7(6)5-8;/h2-4H,1H3;. The second-order valence-corrected chi connectivity index (χ2v) is 1.72. The van der Waals surface area contributed by atoms with Gasteiger partial charge in [0, 0.05) is 16.8 Å². The minimum absolute atomic E-state index is 0. The Hall–Kier alpha value is -0.564. The van der Waals surface area contributed by atoms with Crippen molar-refractivity contribution in [2.24, 2.45) is 0 Å². The molecule has 0 saturated heterocycles. The normalized spacial score (nSPS) is 14.3. The van der Waals surface area contributed by atoms with Crippen molar-refractivity contribution in [3.8, 4) is 0 Å². The summed E-state index contributed by atoms with van der Waals surface area (Å²) in [5.41, 5.74) is 1.67. The second-order valence-electron chi connectivity index (χ2n) is 1.72. The van der Waals surface area contributed by atoms with Crippen molar-refractivity contribution in [3.05, 3.63) is 29.4 Å². The van der Waals surface area contributed by atoms with Gasteiger partial charge in [-0.1, -0.05) is 12.2 Å². The molecule has 0 aromatic carbocycles. The van der Waals surface area contributed by atoms with Crippen molar-refractivity contribution in [2.45, 2.75) is 6.92 Å². The largest absolute Gasteiger partial charge is 0.233 e. The Balaban J connectivity index is 0.000000640. The molecule has 1 radical (unpaired) electrons. The molecular formula is C7H6CoO. The molecule has 1 aliphatic carbocycles. The fourth-order valence-electron chi connectivity index (χ4n) is 0.624. The summed E-state index contributed by atoms with van der Waals surface area (Å²) >= 11 is 0. The SMILES string of the molecule is CC1=CC=CC1=C=O.[Co]. The first-order chi connectivity index (χ1) is 3.84. The van der Waals surface area contributed by atoms with Crippen LogP contribution in [0.4, 0.5) is 0 Å². The Bertz CT molecular complexity index is 207. The average Bonchev–Trinajstić information content (AvgIpc) is 2.14. The third kappa shape index (κ3) is 1.68. The van der Waals surface area contributed by atoms with Gasteiger partial charge in [-0.15, -0.1) is 0 Å². The van der Waals surface area contributed by atoms with Crippen molar-refractivity contribution in [3.63, 3.8) is 0 Å². The summed E-state index contributed by atoms with van der Waals surface area (Å²) in [7, 11) is 0. The van der Waals surface area contributed by atoms with Crippen molar-refractivity contribution in [2.75, 3.05) is 0 Å². The van der Waals surface area contributed by atoms with E-state index in [2.05, 4.69) is 0 Å². The van der Waals surface area contributed by atoms with Gasteiger partial charge in [-0.2, -0.15) is 0 Å². The molecule has 0 spiro atoms. The minimum atomic E-state index is 0. The molecule has 0 amide bonds. The van der Waals surface area contributed by atoms with Gasteiger partial charge in [-0.05, 0) is 18.6 Å². The Morgan fingerprint density at radius 3 is 2.44 bits per heavy atom. The third-order valence-electron chi connectivity index (χ3n) is 1.14. The van der Waals surface area contributed by atoms with Crippen molar-refractivity contribution < 1.29 is 21.6 Å². The predicted octanol–water partition coefficient (Wildman–Crippen LogP) is 1.26. The van der Waals surface area contributed by atoms with Crippen LogP contribution in [0.2, 0.25) is 0 Å². The van der Waals surface area contributed by atoms with E-state index in [1.54, 1.807) is 6.08 Å². The summed E-state index contributed by atoms with van der Waals surface area (Å²) in [5.74, 6) is 1.83. The van der Waals surface area contributed by atoms with Gasteiger partial charge in [-0.3, -0.25) is 0 Å². The van der Waals surface area contributed by atoms with E-state index in [1.165, 1.54) is 0 Å². The molecule has 1 nitrogen and oxygen atoms in total. The maximum Gasteiger partial charge on any atom is 0.132 e. The van der Waals surface area contributed by atoms with Crippen molar-refractivity contribution in [1.82, 2.24) is 0 Å². The zero-order chi connectivity index (χ0) is 5.98. The Morgan fingerprint density at radius 2 is 2.22 bits per heavy atom. The molecule has 9 heavy (non-hydrogen) atoms. The van der Waals surface area contributed by atoms with Crippen LogP contribution in [0.1, 0.15) is 6.92 Å². The van der Waals surface area contributed by atoms with Gasteiger partial charge >= 0.3 is 0 Å². The summed E-state index contributed by atoms with van der Waals surface area (Å²) in [6.45, 7) is 1.89. The molecule has 0 saturated carbocycles. The topological polar surface area (TPSA) is 17.1 Å². The molecule has 0 bridgehead atoms. The fourth-order valence-corrected chi connectivity index (χ4v) is 0.624. The summed E-state index contributed by atoms with van der Waals surface area (Å²) in [6.07, 6.45) is 5.48. The Kier molecular flexibility index (Phi) is 3.24. The summed E-state index contributed by atoms with van der Waals surface area (Å²) in [4.78, 5) is 9.96. The van der Waals surface area contributed by atoms with Crippen LogP contribution in [0.15, 0.2) is 29.4 Å². The Labute approximate surface area is 64.3 Å². The van der Waals surface area contributed by atoms with Crippen LogP contribution in [0.5, 0.6) is 0 Å². The molecular weight excluding hydrogens is 159 g/mol. The number of hydrogen-bond donors (Lipinski definition) is 0. The molecule has 0 atom stereocenters. The molecule has 0 aromatic rings. The first kappa shape index (κ1) is 8.44. The maximum atomic E-state index is 9.96. The maximum absolute atomic E-state index is 9.96. The van der Waals surface area contributed by atoms with Gasteiger partial charge in [0.2, 0.25) is 0 Å². The molecule has 0 heterocycles. The van der Waals surface area contributed by atoms with Gasteiger partial charge in [0.05, 0.1) is 5.57 Å². The monoisotopic (exact) mass is 165 g/mol. The van der Waals surface area contributed by atoms with E-state index < -0.39 is 0 Å². The molecule has 1 rings (SSSR count). The smallest absolute Gasteiger partial charge is 0.132 e.